The topological polar surface area (TPSA) is 37.8 Å². The molecule has 0 radical (unpaired) electrons. The van der Waals surface area contributed by atoms with Crippen molar-refractivity contribution in [1.82, 2.24) is 9.97 Å². The lowest BCUT2D eigenvalue weighted by atomic mass is 10.2. The molecule has 2 aromatic rings. The largest absolute Gasteiger partial charge is 0.365 e. The number of anilines is 1. The molecule has 6 heteroatoms. The van der Waals surface area contributed by atoms with E-state index in [4.69, 9.17) is 11.6 Å². The fourth-order valence-electron chi connectivity index (χ4n) is 1.30. The predicted molar refractivity (Wildman–Crippen MR) is 76.2 cm³/mol. The molecule has 0 spiro atoms. The van der Waals surface area contributed by atoms with Gasteiger partial charge in [0.1, 0.15) is 17.3 Å². The van der Waals surface area contributed by atoms with Crippen LogP contribution in [-0.2, 0) is 6.54 Å². The monoisotopic (exact) mass is 375 g/mol. The van der Waals surface area contributed by atoms with Crippen LogP contribution in [0.1, 0.15) is 5.56 Å². The van der Waals surface area contributed by atoms with Crippen LogP contribution in [0.4, 0.5) is 5.82 Å². The number of hydrogen-bond acceptors (Lipinski definition) is 3. The molecule has 0 bridgehead atoms. The van der Waals surface area contributed by atoms with Gasteiger partial charge in [0.05, 0.1) is 4.47 Å². The number of nitrogens with one attached hydrogen (secondary N) is 1. The summed E-state index contributed by atoms with van der Waals surface area (Å²) in [5, 5.41) is 3.59. The summed E-state index contributed by atoms with van der Waals surface area (Å²) in [6, 6.07) is 8.06. The molecule has 0 aliphatic carbocycles. The van der Waals surface area contributed by atoms with E-state index in [1.165, 1.54) is 6.33 Å². The van der Waals surface area contributed by atoms with E-state index in [1.54, 1.807) is 0 Å². The van der Waals surface area contributed by atoms with Crippen molar-refractivity contribution in [3.8, 4) is 0 Å². The second kappa shape index (κ2) is 5.80. The molecule has 0 amide bonds. The molecule has 0 unspecified atom stereocenters. The summed E-state index contributed by atoms with van der Waals surface area (Å²) in [4.78, 5) is 7.98. The molecule has 1 aromatic heterocycles. The molecule has 0 saturated heterocycles. The van der Waals surface area contributed by atoms with Gasteiger partial charge in [-0.05, 0) is 33.6 Å². The number of halogens is 3. The van der Waals surface area contributed by atoms with Crippen LogP contribution in [0, 0.1) is 0 Å². The summed E-state index contributed by atoms with van der Waals surface area (Å²) in [5.74, 6) is 0.685. The Bertz CT molecular complexity index is 534. The smallest absolute Gasteiger partial charge is 0.148 e. The lowest BCUT2D eigenvalue weighted by Crippen LogP contribution is -2.02. The molecule has 3 nitrogen and oxygen atoms in total. The minimum absolute atomic E-state index is 0.400. The number of hydrogen-bond donors (Lipinski definition) is 1. The first-order chi connectivity index (χ1) is 8.16. The first-order valence-corrected chi connectivity index (χ1v) is 6.77. The molecular weight excluding hydrogens is 369 g/mol. The minimum atomic E-state index is 0.400. The third-order valence-electron chi connectivity index (χ3n) is 2.10. The van der Waals surface area contributed by atoms with Crippen LogP contribution in [0.3, 0.4) is 0 Å². The zero-order valence-electron chi connectivity index (χ0n) is 8.62. The van der Waals surface area contributed by atoms with Crippen molar-refractivity contribution in [2.24, 2.45) is 0 Å². The fraction of sp³-hybridized carbons (Fsp3) is 0.0909. The standard InChI is InChI=1S/C11H8Br2ClN3/c12-8-3-1-2-7(4-8)5-15-11-9(13)10(14)16-6-17-11/h1-4,6H,5H2,(H,15,16,17). The Balaban J connectivity index is 2.10. The Hall–Kier alpha value is -0.650. The molecule has 0 atom stereocenters. The van der Waals surface area contributed by atoms with Crippen molar-refractivity contribution in [3.63, 3.8) is 0 Å². The number of rotatable bonds is 3. The van der Waals surface area contributed by atoms with Gasteiger partial charge in [0.25, 0.3) is 0 Å². The zero-order chi connectivity index (χ0) is 12.3. The van der Waals surface area contributed by atoms with Crippen molar-refractivity contribution >= 4 is 49.3 Å². The van der Waals surface area contributed by atoms with Gasteiger partial charge in [-0.25, -0.2) is 9.97 Å². The highest BCUT2D eigenvalue weighted by Gasteiger charge is 2.05. The number of aromatic nitrogens is 2. The second-order valence-corrected chi connectivity index (χ2v) is 5.38. The SMILES string of the molecule is Clc1ncnc(NCc2cccc(Br)c2)c1Br. The number of nitrogens with zero attached hydrogens (tertiary/aromatic N) is 2. The molecular formula is C11H8Br2ClN3. The summed E-state index contributed by atoms with van der Waals surface area (Å²) in [7, 11) is 0. The van der Waals surface area contributed by atoms with Gasteiger partial charge in [-0.15, -0.1) is 0 Å². The van der Waals surface area contributed by atoms with Crippen molar-refractivity contribution in [2.45, 2.75) is 6.54 Å². The van der Waals surface area contributed by atoms with Crippen LogP contribution in [0.25, 0.3) is 0 Å². The molecule has 1 aromatic carbocycles. The maximum atomic E-state index is 5.88. The van der Waals surface area contributed by atoms with Gasteiger partial charge in [-0.2, -0.15) is 0 Å². The van der Waals surface area contributed by atoms with Gasteiger partial charge >= 0.3 is 0 Å². The Morgan fingerprint density at radius 1 is 1.24 bits per heavy atom. The molecule has 2 rings (SSSR count). The summed E-state index contributed by atoms with van der Waals surface area (Å²) < 4.78 is 1.73. The molecule has 0 fully saturated rings. The van der Waals surface area contributed by atoms with Gasteiger partial charge in [-0.3, -0.25) is 0 Å². The van der Waals surface area contributed by atoms with Gasteiger partial charge in [0.15, 0.2) is 0 Å². The highest BCUT2D eigenvalue weighted by Crippen LogP contribution is 2.26. The molecule has 1 N–H and O–H groups in total. The van der Waals surface area contributed by atoms with E-state index in [0.29, 0.717) is 22.0 Å². The van der Waals surface area contributed by atoms with Crippen molar-refractivity contribution < 1.29 is 0 Å². The zero-order valence-corrected chi connectivity index (χ0v) is 12.6. The first-order valence-electron chi connectivity index (χ1n) is 4.81. The average Bonchev–Trinajstić information content (AvgIpc) is 2.31. The van der Waals surface area contributed by atoms with Crippen LogP contribution in [0.15, 0.2) is 39.5 Å². The quantitative estimate of drug-likeness (QED) is 0.812. The van der Waals surface area contributed by atoms with E-state index in [0.717, 1.165) is 10.0 Å². The fourth-order valence-corrected chi connectivity index (χ4v) is 2.23. The highest BCUT2D eigenvalue weighted by molar-refractivity contribution is 9.11. The van der Waals surface area contributed by atoms with Crippen LogP contribution >= 0.6 is 43.5 Å². The summed E-state index contributed by atoms with van der Waals surface area (Å²) in [5.41, 5.74) is 1.15. The molecule has 1 heterocycles. The van der Waals surface area contributed by atoms with Crippen molar-refractivity contribution in [1.29, 1.82) is 0 Å². The first kappa shape index (κ1) is 12.8. The minimum Gasteiger partial charge on any atom is -0.365 e. The van der Waals surface area contributed by atoms with Crippen LogP contribution in [0.5, 0.6) is 0 Å². The van der Waals surface area contributed by atoms with E-state index >= 15 is 0 Å². The van der Waals surface area contributed by atoms with E-state index in [1.807, 2.05) is 24.3 Å². The van der Waals surface area contributed by atoms with Crippen molar-refractivity contribution in [3.05, 3.63) is 50.3 Å². The maximum absolute atomic E-state index is 5.88. The third-order valence-corrected chi connectivity index (χ3v) is 3.86. The van der Waals surface area contributed by atoms with Crippen LogP contribution in [0.2, 0.25) is 5.15 Å². The van der Waals surface area contributed by atoms with Crippen molar-refractivity contribution in [2.75, 3.05) is 5.32 Å². The third kappa shape index (κ3) is 3.40. The van der Waals surface area contributed by atoms with E-state index in [-0.39, 0.29) is 0 Å². The number of benzene rings is 1. The molecule has 88 valence electrons. The molecule has 17 heavy (non-hydrogen) atoms. The van der Waals surface area contributed by atoms with Gasteiger partial charge in [-0.1, -0.05) is 39.7 Å². The molecule has 0 aliphatic heterocycles. The predicted octanol–water partition coefficient (Wildman–Crippen LogP) is 4.27. The normalized spacial score (nSPS) is 10.3. The summed E-state index contributed by atoms with van der Waals surface area (Å²) in [6.07, 6.45) is 1.43. The van der Waals surface area contributed by atoms with Crippen LogP contribution < -0.4 is 5.32 Å². The Morgan fingerprint density at radius 2 is 2.06 bits per heavy atom. The maximum Gasteiger partial charge on any atom is 0.148 e. The van der Waals surface area contributed by atoms with E-state index in [9.17, 15) is 0 Å². The average molecular weight is 377 g/mol. The second-order valence-electron chi connectivity index (χ2n) is 3.31. The Labute approximate surface area is 121 Å². The van der Waals surface area contributed by atoms with Crippen LogP contribution in [-0.4, -0.2) is 9.97 Å². The lowest BCUT2D eigenvalue weighted by Gasteiger charge is -2.08. The van der Waals surface area contributed by atoms with E-state index < -0.39 is 0 Å². The van der Waals surface area contributed by atoms with Gasteiger partial charge in [0.2, 0.25) is 0 Å². The molecule has 0 aliphatic rings. The Morgan fingerprint density at radius 3 is 2.82 bits per heavy atom. The van der Waals surface area contributed by atoms with Gasteiger partial charge < -0.3 is 5.32 Å². The Kier molecular flexibility index (Phi) is 4.36. The molecule has 0 saturated carbocycles. The summed E-state index contributed by atoms with van der Waals surface area (Å²) in [6.45, 7) is 0.672. The lowest BCUT2D eigenvalue weighted by molar-refractivity contribution is 1.07. The summed E-state index contributed by atoms with van der Waals surface area (Å²) >= 11 is 12.6. The highest BCUT2D eigenvalue weighted by atomic mass is 79.9. The van der Waals surface area contributed by atoms with Gasteiger partial charge in [0, 0.05) is 11.0 Å². The van der Waals surface area contributed by atoms with E-state index in [2.05, 4.69) is 47.1 Å².